The zero-order valence-corrected chi connectivity index (χ0v) is 23.4. The predicted octanol–water partition coefficient (Wildman–Crippen LogP) is 6.82. The van der Waals surface area contributed by atoms with Crippen molar-refractivity contribution < 1.29 is 37.0 Å². The minimum atomic E-state index is -4.15. The van der Waals surface area contributed by atoms with E-state index in [1.807, 2.05) is 26.0 Å². The van der Waals surface area contributed by atoms with Crippen molar-refractivity contribution >= 4 is 23.2 Å². The number of carbonyl (C=O) groups excluding carboxylic acids is 2. The number of halogens is 3. The van der Waals surface area contributed by atoms with Gasteiger partial charge in [-0.1, -0.05) is 26.8 Å². The molecule has 1 amide bonds. The SMILES string of the molecule is COC(=O)N/C=C/CCCc1cc(O)c(C(=O)C(C)C(C)C(C)Cc2ccc(CCCC(F)(F)F)s2)c(=O)o1. The third kappa shape index (κ3) is 10.5. The molecule has 2 N–H and O–H groups in total. The Morgan fingerprint density at radius 3 is 2.49 bits per heavy atom. The molecule has 216 valence electrons. The van der Waals surface area contributed by atoms with Crippen LogP contribution in [0.3, 0.4) is 0 Å². The van der Waals surface area contributed by atoms with E-state index in [2.05, 4.69) is 10.1 Å². The number of ether oxygens (including phenoxy) is 1. The number of alkyl carbamates (subject to hydrolysis) is 1. The summed E-state index contributed by atoms with van der Waals surface area (Å²) in [6, 6.07) is 5.05. The van der Waals surface area contributed by atoms with Crippen LogP contribution < -0.4 is 10.9 Å². The number of ketones is 1. The topological polar surface area (TPSA) is 106 Å². The molecule has 2 aromatic heterocycles. The summed E-state index contributed by atoms with van der Waals surface area (Å²) in [4.78, 5) is 38.6. The van der Waals surface area contributed by atoms with Crippen molar-refractivity contribution in [1.29, 1.82) is 0 Å². The van der Waals surface area contributed by atoms with E-state index < -0.39 is 41.8 Å². The van der Waals surface area contributed by atoms with E-state index in [9.17, 15) is 32.7 Å². The van der Waals surface area contributed by atoms with E-state index in [1.165, 1.54) is 30.7 Å². The lowest BCUT2D eigenvalue weighted by molar-refractivity contribution is -0.135. The van der Waals surface area contributed by atoms with E-state index in [0.29, 0.717) is 32.1 Å². The summed E-state index contributed by atoms with van der Waals surface area (Å²) in [5, 5.41) is 12.9. The summed E-state index contributed by atoms with van der Waals surface area (Å²) >= 11 is 1.48. The number of amides is 1. The Kier molecular flexibility index (Phi) is 12.3. The molecule has 39 heavy (non-hydrogen) atoms. The monoisotopic (exact) mass is 571 g/mol. The van der Waals surface area contributed by atoms with Gasteiger partial charge in [-0.25, -0.2) is 9.59 Å². The van der Waals surface area contributed by atoms with Crippen LogP contribution in [0.5, 0.6) is 5.75 Å². The second kappa shape index (κ2) is 14.9. The van der Waals surface area contributed by atoms with Gasteiger partial charge in [0.2, 0.25) is 0 Å². The first-order valence-corrected chi connectivity index (χ1v) is 13.7. The number of thiophene rings is 1. The lowest BCUT2D eigenvalue weighted by Gasteiger charge is -2.25. The summed E-state index contributed by atoms with van der Waals surface area (Å²) < 4.78 is 46.9. The van der Waals surface area contributed by atoms with Crippen LogP contribution in [0.15, 0.2) is 39.7 Å². The first-order chi connectivity index (χ1) is 18.3. The summed E-state index contributed by atoms with van der Waals surface area (Å²) in [5.74, 6) is -1.33. The molecule has 0 aliphatic heterocycles. The Labute approximate surface area is 230 Å². The Balaban J connectivity index is 1.94. The maximum atomic E-state index is 13.1. The van der Waals surface area contributed by atoms with Crippen LogP contribution in [0, 0.1) is 17.8 Å². The number of rotatable bonds is 14. The molecule has 2 aromatic rings. The van der Waals surface area contributed by atoms with Crippen molar-refractivity contribution in [3.8, 4) is 5.75 Å². The van der Waals surface area contributed by atoms with Crippen molar-refractivity contribution in [3.63, 3.8) is 0 Å². The first-order valence-electron chi connectivity index (χ1n) is 12.9. The van der Waals surface area contributed by atoms with Gasteiger partial charge in [-0.2, -0.15) is 13.2 Å². The van der Waals surface area contributed by atoms with Gasteiger partial charge >= 0.3 is 17.9 Å². The van der Waals surface area contributed by atoms with Gasteiger partial charge in [-0.3, -0.25) is 10.1 Å². The van der Waals surface area contributed by atoms with Crippen molar-refractivity contribution in [2.75, 3.05) is 7.11 Å². The Morgan fingerprint density at radius 2 is 1.85 bits per heavy atom. The molecular formula is C28H36F3NO6S. The van der Waals surface area contributed by atoms with Crippen molar-refractivity contribution in [2.45, 2.75) is 71.9 Å². The molecule has 7 nitrogen and oxygen atoms in total. The largest absolute Gasteiger partial charge is 0.507 e. The van der Waals surface area contributed by atoms with Gasteiger partial charge in [-0.15, -0.1) is 11.3 Å². The lowest BCUT2D eigenvalue weighted by Crippen LogP contribution is -2.28. The quantitative estimate of drug-likeness (QED) is 0.190. The van der Waals surface area contributed by atoms with Crippen LogP contribution in [0.2, 0.25) is 0 Å². The predicted molar refractivity (Wildman–Crippen MR) is 143 cm³/mol. The van der Waals surface area contributed by atoms with Crippen molar-refractivity contribution in [3.05, 3.63) is 62.0 Å². The van der Waals surface area contributed by atoms with Gasteiger partial charge in [0, 0.05) is 40.8 Å². The van der Waals surface area contributed by atoms with Crippen molar-refractivity contribution in [1.82, 2.24) is 5.32 Å². The highest BCUT2D eigenvalue weighted by Gasteiger charge is 2.30. The number of methoxy groups -OCH3 is 1. The van der Waals surface area contributed by atoms with Crippen LogP contribution in [-0.2, 0) is 24.0 Å². The number of aromatic hydroxyl groups is 1. The van der Waals surface area contributed by atoms with Gasteiger partial charge in [0.05, 0.1) is 7.11 Å². The zero-order chi connectivity index (χ0) is 29.2. The number of allylic oxidation sites excluding steroid dienone is 1. The smallest absolute Gasteiger partial charge is 0.410 e. The van der Waals surface area contributed by atoms with Crippen LogP contribution in [0.4, 0.5) is 18.0 Å². The molecule has 3 atom stereocenters. The minimum Gasteiger partial charge on any atom is -0.507 e. The molecule has 0 aliphatic rings. The maximum Gasteiger partial charge on any atom is 0.410 e. The van der Waals surface area contributed by atoms with Crippen LogP contribution in [-0.4, -0.2) is 30.3 Å². The molecule has 0 saturated carbocycles. The molecule has 0 fully saturated rings. The van der Waals surface area contributed by atoms with Gasteiger partial charge in [0.1, 0.15) is 17.1 Å². The molecule has 0 bridgehead atoms. The number of hydrogen-bond donors (Lipinski definition) is 2. The number of hydrogen-bond acceptors (Lipinski definition) is 7. The fraction of sp³-hybridized carbons (Fsp3) is 0.536. The summed E-state index contributed by atoms with van der Waals surface area (Å²) in [5.41, 5.74) is -1.25. The summed E-state index contributed by atoms with van der Waals surface area (Å²) in [6.45, 7) is 5.60. The lowest BCUT2D eigenvalue weighted by atomic mass is 9.79. The van der Waals surface area contributed by atoms with Gasteiger partial charge in [0.15, 0.2) is 5.78 Å². The first kappa shape index (κ1) is 32.1. The average Bonchev–Trinajstić information content (AvgIpc) is 3.30. The third-order valence-corrected chi connectivity index (χ3v) is 7.92. The second-order valence-electron chi connectivity index (χ2n) is 9.72. The Hall–Kier alpha value is -3.08. The highest BCUT2D eigenvalue weighted by molar-refractivity contribution is 7.11. The normalized spacial score (nSPS) is 14.2. The molecule has 11 heteroatoms. The highest BCUT2D eigenvalue weighted by atomic mass is 32.1. The van der Waals surface area contributed by atoms with E-state index in [4.69, 9.17) is 4.42 Å². The third-order valence-electron chi connectivity index (χ3n) is 6.75. The minimum absolute atomic E-state index is 0.0424. The summed E-state index contributed by atoms with van der Waals surface area (Å²) in [7, 11) is 1.26. The van der Waals surface area contributed by atoms with E-state index >= 15 is 0 Å². The van der Waals surface area contributed by atoms with Crippen LogP contribution in [0.25, 0.3) is 0 Å². The number of Topliss-reactive ketones (excluding diaryl/α,β-unsaturated/α-hetero) is 1. The zero-order valence-electron chi connectivity index (χ0n) is 22.6. The van der Waals surface area contributed by atoms with Crippen LogP contribution in [0.1, 0.15) is 72.3 Å². The van der Waals surface area contributed by atoms with E-state index in [1.54, 1.807) is 13.0 Å². The molecule has 0 spiro atoms. The van der Waals surface area contributed by atoms with Gasteiger partial charge < -0.3 is 14.3 Å². The number of alkyl halides is 3. The molecule has 2 heterocycles. The van der Waals surface area contributed by atoms with Crippen molar-refractivity contribution in [2.24, 2.45) is 17.8 Å². The number of nitrogens with one attached hydrogen (secondary N) is 1. The number of aryl methyl sites for hydroxylation is 2. The molecular weight excluding hydrogens is 535 g/mol. The molecule has 2 rings (SSSR count). The number of unbranched alkanes of at least 4 members (excludes halogenated alkanes) is 1. The molecule has 0 aromatic carbocycles. The average molecular weight is 572 g/mol. The Bertz CT molecular complexity index is 1190. The standard InChI is InChI=1S/C28H36F3NO6S/c1-17(15-22-12-11-21(39-22)10-8-13-28(29,30)31)18(2)19(3)25(34)24-23(33)16-20(38-26(24)35)9-6-5-7-14-32-27(36)37-4/h7,11-12,14,16-19,33H,5-6,8-10,13,15H2,1-4H3,(H,32,36)/b14-7+. The molecule has 0 saturated heterocycles. The molecule has 3 unspecified atom stereocenters. The summed E-state index contributed by atoms with van der Waals surface area (Å²) in [6.07, 6.45) is 0.183. The van der Waals surface area contributed by atoms with E-state index in [-0.39, 0.29) is 29.6 Å². The van der Waals surface area contributed by atoms with E-state index in [0.717, 1.165) is 9.75 Å². The van der Waals surface area contributed by atoms with Gasteiger partial charge in [0.25, 0.3) is 0 Å². The maximum absolute atomic E-state index is 13.1. The Morgan fingerprint density at radius 1 is 1.15 bits per heavy atom. The highest BCUT2D eigenvalue weighted by Crippen LogP contribution is 2.31. The second-order valence-corrected chi connectivity index (χ2v) is 11.0. The number of carbonyl (C=O) groups is 2. The molecule has 0 radical (unpaired) electrons. The van der Waals surface area contributed by atoms with Gasteiger partial charge in [-0.05, 0) is 56.1 Å². The van der Waals surface area contributed by atoms with Crippen LogP contribution >= 0.6 is 11.3 Å². The fourth-order valence-electron chi connectivity index (χ4n) is 4.13. The molecule has 0 aliphatic carbocycles. The fourth-order valence-corrected chi connectivity index (χ4v) is 5.34.